The van der Waals surface area contributed by atoms with Crippen molar-refractivity contribution in [3.63, 3.8) is 0 Å². The fraction of sp³-hybridized carbons (Fsp3) is 0.538. The van der Waals surface area contributed by atoms with Crippen molar-refractivity contribution < 1.29 is 0 Å². The van der Waals surface area contributed by atoms with Crippen LogP contribution in [0.3, 0.4) is 0 Å². The Hall–Kier alpha value is -0.570. The molecule has 1 aromatic carbocycles. The third-order valence-corrected chi connectivity index (χ3v) is 3.09. The van der Waals surface area contributed by atoms with E-state index in [0.29, 0.717) is 6.54 Å². The summed E-state index contributed by atoms with van der Waals surface area (Å²) >= 11 is 6.23. The molecule has 0 spiro atoms. The molecule has 0 aliphatic rings. The summed E-state index contributed by atoms with van der Waals surface area (Å²) in [5, 5.41) is 0.831. The van der Waals surface area contributed by atoms with Crippen LogP contribution >= 0.6 is 11.6 Å². The van der Waals surface area contributed by atoms with E-state index < -0.39 is 0 Å². The van der Waals surface area contributed by atoms with Gasteiger partial charge in [0.1, 0.15) is 0 Å². The molecule has 2 nitrogen and oxygen atoms in total. The van der Waals surface area contributed by atoms with E-state index >= 15 is 0 Å². The van der Waals surface area contributed by atoms with Crippen molar-refractivity contribution in [3.8, 4) is 0 Å². The molecule has 0 saturated heterocycles. The molecule has 0 aliphatic carbocycles. The van der Waals surface area contributed by atoms with Gasteiger partial charge in [-0.2, -0.15) is 0 Å². The minimum atomic E-state index is 0.548. The lowest BCUT2D eigenvalue weighted by molar-refractivity contribution is 0.280. The normalized spacial score (nSPS) is 11.1. The SMILES string of the molecule is CCCN(CC)Cc1ccc(CN)cc1Cl. The average molecular weight is 241 g/mol. The molecule has 0 amide bonds. The van der Waals surface area contributed by atoms with Crippen LogP contribution in [-0.4, -0.2) is 18.0 Å². The highest BCUT2D eigenvalue weighted by molar-refractivity contribution is 6.31. The maximum absolute atomic E-state index is 6.23. The minimum Gasteiger partial charge on any atom is -0.326 e. The van der Waals surface area contributed by atoms with Gasteiger partial charge in [-0.05, 0) is 36.7 Å². The Morgan fingerprint density at radius 2 is 2.06 bits per heavy atom. The predicted octanol–water partition coefficient (Wildman–Crippen LogP) is 3.03. The molecule has 90 valence electrons. The number of rotatable bonds is 6. The van der Waals surface area contributed by atoms with Gasteiger partial charge in [-0.25, -0.2) is 0 Å². The Morgan fingerprint density at radius 3 is 2.56 bits per heavy atom. The molecule has 0 radical (unpaired) electrons. The summed E-state index contributed by atoms with van der Waals surface area (Å²) in [5.74, 6) is 0. The molecular formula is C13H21ClN2. The zero-order valence-corrected chi connectivity index (χ0v) is 10.9. The minimum absolute atomic E-state index is 0.548. The van der Waals surface area contributed by atoms with Crippen molar-refractivity contribution in [2.75, 3.05) is 13.1 Å². The number of halogens is 1. The molecule has 0 fully saturated rings. The monoisotopic (exact) mass is 240 g/mol. The zero-order valence-electron chi connectivity index (χ0n) is 10.2. The van der Waals surface area contributed by atoms with Gasteiger partial charge in [0.25, 0.3) is 0 Å². The standard InChI is InChI=1S/C13H21ClN2/c1-3-7-16(4-2)10-12-6-5-11(9-15)8-13(12)14/h5-6,8H,3-4,7,9-10,15H2,1-2H3. The van der Waals surface area contributed by atoms with Gasteiger partial charge in [-0.1, -0.05) is 37.6 Å². The largest absolute Gasteiger partial charge is 0.326 e. The molecule has 0 heterocycles. The van der Waals surface area contributed by atoms with Crippen molar-refractivity contribution in [2.24, 2.45) is 5.73 Å². The molecule has 0 saturated carbocycles. The summed E-state index contributed by atoms with van der Waals surface area (Å²) in [6.07, 6.45) is 1.17. The van der Waals surface area contributed by atoms with Crippen LogP contribution in [0.25, 0.3) is 0 Å². The van der Waals surface area contributed by atoms with Gasteiger partial charge in [-0.15, -0.1) is 0 Å². The smallest absolute Gasteiger partial charge is 0.0454 e. The molecule has 0 aromatic heterocycles. The van der Waals surface area contributed by atoms with Crippen molar-refractivity contribution in [2.45, 2.75) is 33.4 Å². The lowest BCUT2D eigenvalue weighted by Crippen LogP contribution is -2.23. The maximum atomic E-state index is 6.23. The molecule has 0 unspecified atom stereocenters. The first-order chi connectivity index (χ1) is 7.71. The van der Waals surface area contributed by atoms with E-state index in [1.807, 2.05) is 6.07 Å². The lowest BCUT2D eigenvalue weighted by atomic mass is 10.1. The highest BCUT2D eigenvalue weighted by atomic mass is 35.5. The van der Waals surface area contributed by atoms with E-state index in [4.69, 9.17) is 17.3 Å². The second kappa shape index (κ2) is 6.89. The highest BCUT2D eigenvalue weighted by Crippen LogP contribution is 2.19. The van der Waals surface area contributed by atoms with Crippen molar-refractivity contribution in [3.05, 3.63) is 34.3 Å². The van der Waals surface area contributed by atoms with Crippen LogP contribution in [0.5, 0.6) is 0 Å². The third kappa shape index (κ3) is 3.78. The number of benzene rings is 1. The lowest BCUT2D eigenvalue weighted by Gasteiger charge is -2.20. The molecule has 1 rings (SSSR count). The summed E-state index contributed by atoms with van der Waals surface area (Å²) in [5.41, 5.74) is 7.85. The molecule has 0 aliphatic heterocycles. The highest BCUT2D eigenvalue weighted by Gasteiger charge is 2.06. The summed E-state index contributed by atoms with van der Waals surface area (Å²) in [6.45, 7) is 8.02. The first kappa shape index (κ1) is 13.5. The second-order valence-electron chi connectivity index (χ2n) is 4.00. The van der Waals surface area contributed by atoms with Gasteiger partial charge < -0.3 is 5.73 Å². The summed E-state index contributed by atoms with van der Waals surface area (Å²) < 4.78 is 0. The predicted molar refractivity (Wildman–Crippen MR) is 70.6 cm³/mol. The van der Waals surface area contributed by atoms with E-state index in [1.54, 1.807) is 0 Å². The maximum Gasteiger partial charge on any atom is 0.0454 e. The fourth-order valence-electron chi connectivity index (χ4n) is 1.75. The Morgan fingerprint density at radius 1 is 1.31 bits per heavy atom. The van der Waals surface area contributed by atoms with E-state index in [1.165, 1.54) is 12.0 Å². The molecule has 3 heteroatoms. The molecule has 0 bridgehead atoms. The molecule has 1 aromatic rings. The van der Waals surface area contributed by atoms with Crippen molar-refractivity contribution >= 4 is 11.6 Å². The summed E-state index contributed by atoms with van der Waals surface area (Å²) in [7, 11) is 0. The number of hydrogen-bond acceptors (Lipinski definition) is 2. The van der Waals surface area contributed by atoms with Gasteiger partial charge >= 0.3 is 0 Å². The topological polar surface area (TPSA) is 29.3 Å². The van der Waals surface area contributed by atoms with Gasteiger partial charge in [-0.3, -0.25) is 4.90 Å². The van der Waals surface area contributed by atoms with Crippen LogP contribution < -0.4 is 5.73 Å². The third-order valence-electron chi connectivity index (χ3n) is 2.73. The van der Waals surface area contributed by atoms with Gasteiger partial charge in [0.2, 0.25) is 0 Å². The number of nitrogens with zero attached hydrogens (tertiary/aromatic N) is 1. The second-order valence-corrected chi connectivity index (χ2v) is 4.41. The van der Waals surface area contributed by atoms with Gasteiger partial charge in [0.05, 0.1) is 0 Å². The van der Waals surface area contributed by atoms with Crippen LogP contribution in [0, 0.1) is 0 Å². The van der Waals surface area contributed by atoms with E-state index in [-0.39, 0.29) is 0 Å². The van der Waals surface area contributed by atoms with E-state index in [0.717, 1.165) is 30.2 Å². The van der Waals surface area contributed by atoms with Crippen LogP contribution in [-0.2, 0) is 13.1 Å². The Labute approximate surface area is 103 Å². The van der Waals surface area contributed by atoms with Crippen molar-refractivity contribution in [1.29, 1.82) is 0 Å². The molecule has 16 heavy (non-hydrogen) atoms. The van der Waals surface area contributed by atoms with Crippen LogP contribution in [0.15, 0.2) is 18.2 Å². The number of hydrogen-bond donors (Lipinski definition) is 1. The first-order valence-corrected chi connectivity index (χ1v) is 6.28. The number of nitrogens with two attached hydrogens (primary N) is 1. The quantitative estimate of drug-likeness (QED) is 0.828. The Bertz CT molecular complexity index is 326. The van der Waals surface area contributed by atoms with Gasteiger partial charge in [0.15, 0.2) is 0 Å². The average Bonchev–Trinajstić information content (AvgIpc) is 2.30. The van der Waals surface area contributed by atoms with Crippen LogP contribution in [0.1, 0.15) is 31.4 Å². The van der Waals surface area contributed by atoms with Crippen molar-refractivity contribution in [1.82, 2.24) is 4.90 Å². The van der Waals surface area contributed by atoms with E-state index in [2.05, 4.69) is 30.9 Å². The first-order valence-electron chi connectivity index (χ1n) is 5.91. The molecule has 2 N–H and O–H groups in total. The van der Waals surface area contributed by atoms with E-state index in [9.17, 15) is 0 Å². The summed E-state index contributed by atoms with van der Waals surface area (Å²) in [4.78, 5) is 2.39. The fourth-order valence-corrected chi connectivity index (χ4v) is 2.02. The Kier molecular flexibility index (Phi) is 5.81. The van der Waals surface area contributed by atoms with Crippen LogP contribution in [0.2, 0.25) is 5.02 Å². The summed E-state index contributed by atoms with van der Waals surface area (Å²) in [6, 6.07) is 6.11. The molecule has 0 atom stereocenters. The molecular weight excluding hydrogens is 220 g/mol. The van der Waals surface area contributed by atoms with Crippen LogP contribution in [0.4, 0.5) is 0 Å². The zero-order chi connectivity index (χ0) is 12.0. The van der Waals surface area contributed by atoms with Gasteiger partial charge in [0, 0.05) is 18.1 Å². The Balaban J connectivity index is 2.72.